The van der Waals surface area contributed by atoms with Crippen LogP contribution in [-0.2, 0) is 6.54 Å². The molecule has 0 bridgehead atoms. The summed E-state index contributed by atoms with van der Waals surface area (Å²) in [5.74, 6) is -0.0445. The Bertz CT molecular complexity index is 680. The van der Waals surface area contributed by atoms with Gasteiger partial charge in [0.1, 0.15) is 0 Å². The van der Waals surface area contributed by atoms with Crippen molar-refractivity contribution >= 4 is 11.6 Å². The number of benzene rings is 2. The van der Waals surface area contributed by atoms with Crippen LogP contribution in [-0.4, -0.2) is 23.9 Å². The SMILES string of the molecule is Cc1cccc(C)c1NC(=O)c1ccc(CN2CCCCC2)cc1. The van der Waals surface area contributed by atoms with E-state index in [-0.39, 0.29) is 5.91 Å². The maximum Gasteiger partial charge on any atom is 0.255 e. The Kier molecular flexibility index (Phi) is 5.31. The van der Waals surface area contributed by atoms with Crippen molar-refractivity contribution in [2.45, 2.75) is 39.7 Å². The Morgan fingerprint density at radius 3 is 2.21 bits per heavy atom. The van der Waals surface area contributed by atoms with Crippen LogP contribution in [0.4, 0.5) is 5.69 Å². The second-order valence-electron chi connectivity index (χ2n) is 6.75. The van der Waals surface area contributed by atoms with Crippen molar-refractivity contribution in [3.8, 4) is 0 Å². The lowest BCUT2D eigenvalue weighted by Gasteiger charge is -2.26. The van der Waals surface area contributed by atoms with Crippen molar-refractivity contribution < 1.29 is 4.79 Å². The second kappa shape index (κ2) is 7.63. The third-order valence-electron chi connectivity index (χ3n) is 4.79. The van der Waals surface area contributed by atoms with Crippen molar-refractivity contribution in [1.29, 1.82) is 0 Å². The summed E-state index contributed by atoms with van der Waals surface area (Å²) in [5.41, 5.74) is 5.08. The van der Waals surface area contributed by atoms with Crippen LogP contribution in [0, 0.1) is 13.8 Å². The summed E-state index contributed by atoms with van der Waals surface area (Å²) in [7, 11) is 0. The molecule has 3 nitrogen and oxygen atoms in total. The average Bonchev–Trinajstić information content (AvgIpc) is 2.60. The van der Waals surface area contributed by atoms with Crippen LogP contribution >= 0.6 is 0 Å². The van der Waals surface area contributed by atoms with Crippen LogP contribution in [0.15, 0.2) is 42.5 Å². The van der Waals surface area contributed by atoms with Gasteiger partial charge in [-0.3, -0.25) is 9.69 Å². The molecular formula is C21H26N2O. The summed E-state index contributed by atoms with van der Waals surface area (Å²) >= 11 is 0. The van der Waals surface area contributed by atoms with Crippen LogP contribution < -0.4 is 5.32 Å². The average molecular weight is 322 g/mol. The van der Waals surface area contributed by atoms with Gasteiger partial charge < -0.3 is 5.32 Å². The van der Waals surface area contributed by atoms with E-state index in [1.54, 1.807) is 0 Å². The molecule has 1 saturated heterocycles. The molecule has 1 fully saturated rings. The largest absolute Gasteiger partial charge is 0.322 e. The molecule has 1 N–H and O–H groups in total. The van der Waals surface area contributed by atoms with E-state index in [9.17, 15) is 4.79 Å². The highest BCUT2D eigenvalue weighted by atomic mass is 16.1. The smallest absolute Gasteiger partial charge is 0.255 e. The molecule has 24 heavy (non-hydrogen) atoms. The lowest BCUT2D eigenvalue weighted by molar-refractivity contribution is 0.102. The molecule has 2 aromatic rings. The third kappa shape index (κ3) is 4.04. The van der Waals surface area contributed by atoms with E-state index in [2.05, 4.69) is 22.3 Å². The minimum atomic E-state index is -0.0445. The Balaban J connectivity index is 1.65. The topological polar surface area (TPSA) is 32.3 Å². The molecule has 2 aromatic carbocycles. The fourth-order valence-corrected chi connectivity index (χ4v) is 3.33. The Labute approximate surface area is 144 Å². The van der Waals surface area contributed by atoms with Gasteiger partial charge in [0.15, 0.2) is 0 Å². The van der Waals surface area contributed by atoms with Crippen molar-refractivity contribution in [1.82, 2.24) is 4.90 Å². The molecule has 0 radical (unpaired) electrons. The predicted molar refractivity (Wildman–Crippen MR) is 99.4 cm³/mol. The number of para-hydroxylation sites is 1. The minimum absolute atomic E-state index is 0.0445. The fraction of sp³-hybridized carbons (Fsp3) is 0.381. The first-order chi connectivity index (χ1) is 11.6. The number of nitrogens with one attached hydrogen (secondary N) is 1. The standard InChI is InChI=1S/C21H26N2O/c1-16-7-6-8-17(2)20(16)22-21(24)19-11-9-18(10-12-19)15-23-13-4-3-5-14-23/h6-12H,3-5,13-15H2,1-2H3,(H,22,24). The summed E-state index contributed by atoms with van der Waals surface area (Å²) < 4.78 is 0. The van der Waals surface area contributed by atoms with Gasteiger partial charge in [0.25, 0.3) is 5.91 Å². The quantitative estimate of drug-likeness (QED) is 0.896. The maximum absolute atomic E-state index is 12.5. The van der Waals surface area contributed by atoms with E-state index in [0.717, 1.165) is 23.4 Å². The predicted octanol–water partition coefficient (Wildman–Crippen LogP) is 4.54. The number of hydrogen-bond donors (Lipinski definition) is 1. The Hall–Kier alpha value is -2.13. The Morgan fingerprint density at radius 2 is 1.58 bits per heavy atom. The molecule has 0 atom stereocenters. The molecule has 3 heteroatoms. The lowest BCUT2D eigenvalue weighted by atomic mass is 10.1. The highest BCUT2D eigenvalue weighted by molar-refractivity contribution is 6.05. The summed E-state index contributed by atoms with van der Waals surface area (Å²) in [5, 5.41) is 3.05. The molecule has 1 aliphatic rings. The zero-order valence-corrected chi connectivity index (χ0v) is 14.6. The molecular weight excluding hydrogens is 296 g/mol. The van der Waals surface area contributed by atoms with Gasteiger partial charge in [0, 0.05) is 17.8 Å². The van der Waals surface area contributed by atoms with Gasteiger partial charge in [-0.25, -0.2) is 0 Å². The lowest BCUT2D eigenvalue weighted by Crippen LogP contribution is -2.29. The maximum atomic E-state index is 12.5. The molecule has 0 saturated carbocycles. The summed E-state index contributed by atoms with van der Waals surface area (Å²) in [6.45, 7) is 7.40. The molecule has 126 valence electrons. The molecule has 1 amide bonds. The van der Waals surface area contributed by atoms with Gasteiger partial charge in [0.2, 0.25) is 0 Å². The normalized spacial score (nSPS) is 15.2. The number of anilines is 1. The molecule has 1 aliphatic heterocycles. The highest BCUT2D eigenvalue weighted by Crippen LogP contribution is 2.20. The number of rotatable bonds is 4. The van der Waals surface area contributed by atoms with E-state index in [0.29, 0.717) is 5.56 Å². The summed E-state index contributed by atoms with van der Waals surface area (Å²) in [6.07, 6.45) is 3.96. The zero-order chi connectivity index (χ0) is 16.9. The van der Waals surface area contributed by atoms with E-state index in [4.69, 9.17) is 0 Å². The first-order valence-electron chi connectivity index (χ1n) is 8.82. The summed E-state index contributed by atoms with van der Waals surface area (Å²) in [6, 6.07) is 14.1. The monoisotopic (exact) mass is 322 g/mol. The van der Waals surface area contributed by atoms with E-state index in [1.165, 1.54) is 37.9 Å². The first kappa shape index (κ1) is 16.7. The van der Waals surface area contributed by atoms with Gasteiger partial charge in [-0.05, 0) is 68.6 Å². The van der Waals surface area contributed by atoms with Gasteiger partial charge in [0.05, 0.1) is 0 Å². The van der Waals surface area contributed by atoms with E-state index < -0.39 is 0 Å². The molecule has 0 aliphatic carbocycles. The number of likely N-dealkylation sites (tertiary alicyclic amines) is 1. The highest BCUT2D eigenvalue weighted by Gasteiger charge is 2.12. The molecule has 3 rings (SSSR count). The van der Waals surface area contributed by atoms with Crippen LogP contribution in [0.5, 0.6) is 0 Å². The van der Waals surface area contributed by atoms with Crippen LogP contribution in [0.3, 0.4) is 0 Å². The van der Waals surface area contributed by atoms with Crippen molar-refractivity contribution in [3.63, 3.8) is 0 Å². The molecule has 1 heterocycles. The van der Waals surface area contributed by atoms with Gasteiger partial charge in [-0.2, -0.15) is 0 Å². The van der Waals surface area contributed by atoms with Crippen molar-refractivity contribution in [2.75, 3.05) is 18.4 Å². The number of hydrogen-bond acceptors (Lipinski definition) is 2. The zero-order valence-electron chi connectivity index (χ0n) is 14.6. The fourth-order valence-electron chi connectivity index (χ4n) is 3.33. The number of piperidine rings is 1. The third-order valence-corrected chi connectivity index (χ3v) is 4.79. The summed E-state index contributed by atoms with van der Waals surface area (Å²) in [4.78, 5) is 15.0. The number of nitrogens with zero attached hydrogens (tertiary/aromatic N) is 1. The minimum Gasteiger partial charge on any atom is -0.322 e. The molecule has 0 unspecified atom stereocenters. The molecule has 0 spiro atoms. The van der Waals surface area contributed by atoms with Gasteiger partial charge >= 0.3 is 0 Å². The van der Waals surface area contributed by atoms with Crippen LogP contribution in [0.1, 0.15) is 46.3 Å². The second-order valence-corrected chi connectivity index (χ2v) is 6.75. The van der Waals surface area contributed by atoms with Gasteiger partial charge in [-0.1, -0.05) is 36.8 Å². The van der Waals surface area contributed by atoms with Crippen molar-refractivity contribution in [3.05, 3.63) is 64.7 Å². The molecule has 0 aromatic heterocycles. The van der Waals surface area contributed by atoms with Gasteiger partial charge in [-0.15, -0.1) is 0 Å². The Morgan fingerprint density at radius 1 is 0.958 bits per heavy atom. The number of carbonyl (C=O) groups is 1. The van der Waals surface area contributed by atoms with E-state index in [1.807, 2.05) is 44.2 Å². The van der Waals surface area contributed by atoms with Crippen LogP contribution in [0.2, 0.25) is 0 Å². The number of aryl methyl sites for hydroxylation is 2. The number of amides is 1. The first-order valence-corrected chi connectivity index (χ1v) is 8.82. The number of carbonyl (C=O) groups excluding carboxylic acids is 1. The van der Waals surface area contributed by atoms with E-state index >= 15 is 0 Å². The van der Waals surface area contributed by atoms with Crippen LogP contribution in [0.25, 0.3) is 0 Å². The van der Waals surface area contributed by atoms with Crippen molar-refractivity contribution in [2.24, 2.45) is 0 Å².